The van der Waals surface area contributed by atoms with Crippen LogP contribution in [0.3, 0.4) is 0 Å². The minimum Gasteiger partial charge on any atom is -0.488 e. The van der Waals surface area contributed by atoms with Crippen LogP contribution in [0.25, 0.3) is 0 Å². The van der Waals surface area contributed by atoms with Crippen LogP contribution in [0.4, 0.5) is 4.39 Å². The number of nitrogens with zero attached hydrogens (tertiary/aromatic N) is 1. The number of ether oxygens (including phenoxy) is 1. The zero-order valence-electron chi connectivity index (χ0n) is 10.4. The second-order valence-corrected chi connectivity index (χ2v) is 5.53. The molecule has 0 bridgehead atoms. The Hall–Kier alpha value is -1.38. The lowest BCUT2D eigenvalue weighted by Gasteiger charge is -2.09. The molecule has 0 N–H and O–H groups in total. The van der Waals surface area contributed by atoms with Gasteiger partial charge in [0.05, 0.1) is 10.0 Å². The third-order valence-corrected chi connectivity index (χ3v) is 3.96. The standard InChI is InChI=1S/C15H10Br2FNO/c16-7-10-2-4-15(13(17)6-10)20-9-11-1-3-14(18)12(5-11)8-19/h1-6H,7,9H2. The molecular formula is C15H10Br2FNO. The molecule has 0 aromatic heterocycles. The molecule has 5 heteroatoms. The lowest BCUT2D eigenvalue weighted by Crippen LogP contribution is -1.98. The topological polar surface area (TPSA) is 33.0 Å². The molecule has 0 amide bonds. The van der Waals surface area contributed by atoms with E-state index in [0.717, 1.165) is 20.9 Å². The van der Waals surface area contributed by atoms with Gasteiger partial charge in [-0.15, -0.1) is 0 Å². The van der Waals surface area contributed by atoms with Crippen LogP contribution in [0.15, 0.2) is 40.9 Å². The Labute approximate surface area is 133 Å². The third-order valence-electron chi connectivity index (χ3n) is 2.70. The summed E-state index contributed by atoms with van der Waals surface area (Å²) in [5, 5.41) is 9.56. The molecular weight excluding hydrogens is 389 g/mol. The number of halogens is 3. The molecule has 0 saturated heterocycles. The van der Waals surface area contributed by atoms with E-state index in [1.807, 2.05) is 24.3 Å². The summed E-state index contributed by atoms with van der Waals surface area (Å²) in [6, 6.07) is 12.0. The fourth-order valence-corrected chi connectivity index (χ4v) is 2.54. The van der Waals surface area contributed by atoms with Crippen LogP contribution in [-0.4, -0.2) is 0 Å². The molecule has 0 heterocycles. The SMILES string of the molecule is N#Cc1cc(COc2ccc(CBr)cc2Br)ccc1F. The minimum absolute atomic E-state index is 0.0276. The first-order valence-electron chi connectivity index (χ1n) is 5.79. The molecule has 0 aliphatic rings. The van der Waals surface area contributed by atoms with Gasteiger partial charge in [0.15, 0.2) is 0 Å². The number of hydrogen-bond acceptors (Lipinski definition) is 2. The number of rotatable bonds is 4. The smallest absolute Gasteiger partial charge is 0.140 e. The average molecular weight is 399 g/mol. The Morgan fingerprint density at radius 2 is 1.90 bits per heavy atom. The second kappa shape index (κ2) is 6.87. The van der Waals surface area contributed by atoms with Crippen LogP contribution >= 0.6 is 31.9 Å². The van der Waals surface area contributed by atoms with E-state index in [1.165, 1.54) is 12.1 Å². The molecule has 102 valence electrons. The summed E-state index contributed by atoms with van der Waals surface area (Å²) in [7, 11) is 0. The largest absolute Gasteiger partial charge is 0.488 e. The van der Waals surface area contributed by atoms with E-state index in [4.69, 9.17) is 10.00 Å². The van der Waals surface area contributed by atoms with Gasteiger partial charge >= 0.3 is 0 Å². The summed E-state index contributed by atoms with van der Waals surface area (Å²) in [5.74, 6) is 0.191. The van der Waals surface area contributed by atoms with Crippen LogP contribution in [0.5, 0.6) is 5.75 Å². The van der Waals surface area contributed by atoms with Crippen LogP contribution in [0.2, 0.25) is 0 Å². The molecule has 0 fully saturated rings. The van der Waals surface area contributed by atoms with Gasteiger partial charge < -0.3 is 4.74 Å². The zero-order valence-corrected chi connectivity index (χ0v) is 13.5. The van der Waals surface area contributed by atoms with Crippen molar-refractivity contribution in [3.63, 3.8) is 0 Å². The molecule has 2 nitrogen and oxygen atoms in total. The monoisotopic (exact) mass is 397 g/mol. The van der Waals surface area contributed by atoms with E-state index in [9.17, 15) is 4.39 Å². The van der Waals surface area contributed by atoms with E-state index in [2.05, 4.69) is 31.9 Å². The predicted molar refractivity (Wildman–Crippen MR) is 82.2 cm³/mol. The maximum Gasteiger partial charge on any atom is 0.140 e. The third kappa shape index (κ3) is 3.59. The summed E-state index contributed by atoms with van der Waals surface area (Å²) in [6.07, 6.45) is 0. The van der Waals surface area contributed by atoms with Crippen molar-refractivity contribution in [1.82, 2.24) is 0 Å². The van der Waals surface area contributed by atoms with E-state index in [-0.39, 0.29) is 12.2 Å². The summed E-state index contributed by atoms with van der Waals surface area (Å²) in [5.41, 5.74) is 1.91. The molecule has 0 saturated carbocycles. The molecule has 0 aliphatic heterocycles. The van der Waals surface area contributed by atoms with Crippen molar-refractivity contribution >= 4 is 31.9 Å². The Bertz CT molecular complexity index is 667. The number of benzene rings is 2. The zero-order chi connectivity index (χ0) is 14.5. The van der Waals surface area contributed by atoms with Crippen LogP contribution < -0.4 is 4.74 Å². The van der Waals surface area contributed by atoms with E-state index in [0.29, 0.717) is 5.75 Å². The Kier molecular flexibility index (Phi) is 5.16. The number of hydrogen-bond donors (Lipinski definition) is 0. The molecule has 0 spiro atoms. The molecule has 0 atom stereocenters. The number of nitriles is 1. The van der Waals surface area contributed by atoms with E-state index < -0.39 is 5.82 Å². The second-order valence-electron chi connectivity index (χ2n) is 4.11. The fraction of sp³-hybridized carbons (Fsp3) is 0.133. The van der Waals surface area contributed by atoms with Crippen molar-refractivity contribution in [1.29, 1.82) is 5.26 Å². The normalized spacial score (nSPS) is 10.1. The highest BCUT2D eigenvalue weighted by Crippen LogP contribution is 2.27. The van der Waals surface area contributed by atoms with E-state index >= 15 is 0 Å². The molecule has 20 heavy (non-hydrogen) atoms. The molecule has 0 radical (unpaired) electrons. The van der Waals surface area contributed by atoms with Gasteiger partial charge in [0.25, 0.3) is 0 Å². The Morgan fingerprint density at radius 1 is 1.15 bits per heavy atom. The Morgan fingerprint density at radius 3 is 2.55 bits per heavy atom. The van der Waals surface area contributed by atoms with Crippen molar-refractivity contribution in [2.24, 2.45) is 0 Å². The van der Waals surface area contributed by atoms with Gasteiger partial charge in [0.1, 0.15) is 24.2 Å². The average Bonchev–Trinajstić information content (AvgIpc) is 2.47. The molecule has 0 unspecified atom stereocenters. The quantitative estimate of drug-likeness (QED) is 0.683. The number of alkyl halides is 1. The van der Waals surface area contributed by atoms with Crippen LogP contribution in [0.1, 0.15) is 16.7 Å². The van der Waals surface area contributed by atoms with Crippen LogP contribution in [-0.2, 0) is 11.9 Å². The van der Waals surface area contributed by atoms with Crippen molar-refractivity contribution in [2.45, 2.75) is 11.9 Å². The first kappa shape index (κ1) is 15.0. The highest BCUT2D eigenvalue weighted by molar-refractivity contribution is 9.10. The maximum absolute atomic E-state index is 13.2. The minimum atomic E-state index is -0.515. The first-order chi connectivity index (χ1) is 9.63. The first-order valence-corrected chi connectivity index (χ1v) is 7.71. The molecule has 2 aromatic carbocycles. The van der Waals surface area contributed by atoms with Crippen molar-refractivity contribution < 1.29 is 9.13 Å². The highest BCUT2D eigenvalue weighted by atomic mass is 79.9. The Balaban J connectivity index is 2.11. The molecule has 2 rings (SSSR count). The molecule has 0 aliphatic carbocycles. The van der Waals surface area contributed by atoms with Crippen molar-refractivity contribution in [3.8, 4) is 11.8 Å². The van der Waals surface area contributed by atoms with Gasteiger partial charge in [-0.05, 0) is 51.3 Å². The summed E-state index contributed by atoms with van der Waals surface area (Å²) < 4.78 is 19.7. The van der Waals surface area contributed by atoms with Gasteiger partial charge in [0.2, 0.25) is 0 Å². The summed E-state index contributed by atoms with van der Waals surface area (Å²) >= 11 is 6.83. The molecule has 2 aromatic rings. The van der Waals surface area contributed by atoms with Gasteiger partial charge in [-0.1, -0.05) is 28.1 Å². The van der Waals surface area contributed by atoms with Crippen molar-refractivity contribution in [2.75, 3.05) is 0 Å². The maximum atomic E-state index is 13.2. The fourth-order valence-electron chi connectivity index (χ4n) is 1.65. The summed E-state index contributed by atoms with van der Waals surface area (Å²) in [6.45, 7) is 0.279. The predicted octanol–water partition coefficient (Wildman–Crippen LogP) is 4.93. The lowest BCUT2D eigenvalue weighted by molar-refractivity contribution is 0.304. The van der Waals surface area contributed by atoms with Gasteiger partial charge in [-0.3, -0.25) is 0 Å². The van der Waals surface area contributed by atoms with Gasteiger partial charge in [-0.25, -0.2) is 4.39 Å². The highest BCUT2D eigenvalue weighted by Gasteiger charge is 2.06. The summed E-state index contributed by atoms with van der Waals surface area (Å²) in [4.78, 5) is 0. The van der Waals surface area contributed by atoms with Crippen molar-refractivity contribution in [3.05, 3.63) is 63.4 Å². The lowest BCUT2D eigenvalue weighted by atomic mass is 10.1. The van der Waals surface area contributed by atoms with Gasteiger partial charge in [-0.2, -0.15) is 5.26 Å². The van der Waals surface area contributed by atoms with Gasteiger partial charge in [0, 0.05) is 5.33 Å². The van der Waals surface area contributed by atoms with E-state index in [1.54, 1.807) is 6.07 Å². The van der Waals surface area contributed by atoms with Crippen LogP contribution in [0, 0.1) is 17.1 Å².